The van der Waals surface area contributed by atoms with Gasteiger partial charge >= 0.3 is 0 Å². The maximum Gasteiger partial charge on any atom is 0.223 e. The molecule has 1 saturated heterocycles. The van der Waals surface area contributed by atoms with Crippen molar-refractivity contribution in [2.75, 3.05) is 19.7 Å². The van der Waals surface area contributed by atoms with E-state index >= 15 is 0 Å². The van der Waals surface area contributed by atoms with E-state index < -0.39 is 0 Å². The number of amides is 1. The summed E-state index contributed by atoms with van der Waals surface area (Å²) in [4.78, 5) is 20.5. The Kier molecular flexibility index (Phi) is 4.79. The predicted molar refractivity (Wildman–Crippen MR) is 72.9 cm³/mol. The second-order valence-corrected chi connectivity index (χ2v) is 4.70. The normalized spacial score (nSPS) is 17.9. The summed E-state index contributed by atoms with van der Waals surface area (Å²) in [5.41, 5.74) is 9.27. The minimum Gasteiger partial charge on any atom is -0.478 e. The van der Waals surface area contributed by atoms with Crippen LogP contribution in [0.5, 0.6) is 5.88 Å². The van der Waals surface area contributed by atoms with Crippen molar-refractivity contribution >= 4 is 5.91 Å². The topological polar surface area (TPSA) is 91.2 Å². The van der Waals surface area contributed by atoms with Gasteiger partial charge in [-0.25, -0.2) is 4.98 Å². The van der Waals surface area contributed by atoms with Crippen LogP contribution in [0.15, 0.2) is 23.4 Å². The molecule has 0 radical (unpaired) electrons. The van der Waals surface area contributed by atoms with Gasteiger partial charge in [0.1, 0.15) is 0 Å². The van der Waals surface area contributed by atoms with Crippen LogP contribution in [0.2, 0.25) is 0 Å². The Morgan fingerprint density at radius 1 is 1.60 bits per heavy atom. The lowest BCUT2D eigenvalue weighted by molar-refractivity contribution is -0.128. The van der Waals surface area contributed by atoms with Gasteiger partial charge in [0, 0.05) is 43.2 Å². The first-order valence-corrected chi connectivity index (χ1v) is 6.59. The van der Waals surface area contributed by atoms with Crippen LogP contribution in [0.4, 0.5) is 0 Å². The molecule has 1 aliphatic heterocycles. The average molecular weight is 275 g/mol. The molecule has 2 heterocycles. The van der Waals surface area contributed by atoms with Crippen molar-refractivity contribution in [1.29, 1.82) is 0 Å². The van der Waals surface area contributed by atoms with Gasteiger partial charge in [0.05, 0.1) is 6.61 Å². The third kappa shape index (κ3) is 3.61. The Morgan fingerprint density at radius 3 is 3.10 bits per heavy atom. The van der Waals surface area contributed by atoms with Crippen LogP contribution in [-0.2, 0) is 11.3 Å². The smallest absolute Gasteiger partial charge is 0.223 e. The van der Waals surface area contributed by atoms with E-state index in [-0.39, 0.29) is 11.8 Å². The molecule has 20 heavy (non-hydrogen) atoms. The third-order valence-electron chi connectivity index (χ3n) is 3.16. The largest absolute Gasteiger partial charge is 0.478 e. The second kappa shape index (κ2) is 6.77. The standard InChI is InChI=1S/C13H17N5O2/c1-2-20-12-4-3-10(6-15-12)8-18-9-11(5-13(18)19)7-16-17-14/h3-4,6,11H,2,5,7-9H2,1H3. The predicted octanol–water partition coefficient (Wildman–Crippen LogP) is 2.14. The molecule has 106 valence electrons. The molecule has 0 aliphatic carbocycles. The van der Waals surface area contributed by atoms with E-state index in [0.29, 0.717) is 38.5 Å². The molecule has 1 aromatic rings. The van der Waals surface area contributed by atoms with Gasteiger partial charge in [-0.3, -0.25) is 4.79 Å². The zero-order valence-corrected chi connectivity index (χ0v) is 11.4. The van der Waals surface area contributed by atoms with Gasteiger partial charge in [0.2, 0.25) is 11.8 Å². The van der Waals surface area contributed by atoms with Gasteiger partial charge in [-0.15, -0.1) is 0 Å². The maximum atomic E-state index is 11.9. The lowest BCUT2D eigenvalue weighted by Crippen LogP contribution is -2.24. The fourth-order valence-corrected chi connectivity index (χ4v) is 2.24. The van der Waals surface area contributed by atoms with E-state index in [2.05, 4.69) is 15.0 Å². The second-order valence-electron chi connectivity index (χ2n) is 4.70. The van der Waals surface area contributed by atoms with E-state index in [1.165, 1.54) is 0 Å². The van der Waals surface area contributed by atoms with E-state index in [9.17, 15) is 4.79 Å². The summed E-state index contributed by atoms with van der Waals surface area (Å²) in [7, 11) is 0. The summed E-state index contributed by atoms with van der Waals surface area (Å²) >= 11 is 0. The Labute approximate surface area is 117 Å². The van der Waals surface area contributed by atoms with E-state index in [1.807, 2.05) is 13.0 Å². The molecule has 1 amide bonds. The summed E-state index contributed by atoms with van der Waals surface area (Å²) in [5.74, 6) is 0.802. The van der Waals surface area contributed by atoms with Gasteiger partial charge in [0.25, 0.3) is 0 Å². The molecule has 1 unspecified atom stereocenters. The van der Waals surface area contributed by atoms with Crippen molar-refractivity contribution in [2.45, 2.75) is 19.9 Å². The molecule has 0 bridgehead atoms. The van der Waals surface area contributed by atoms with Crippen molar-refractivity contribution in [1.82, 2.24) is 9.88 Å². The number of nitrogens with zero attached hydrogens (tertiary/aromatic N) is 5. The SMILES string of the molecule is CCOc1ccc(CN2CC(CN=[N+]=[N-])CC2=O)cn1. The minimum absolute atomic E-state index is 0.0945. The molecule has 7 heteroatoms. The highest BCUT2D eigenvalue weighted by atomic mass is 16.5. The zero-order valence-electron chi connectivity index (χ0n) is 11.4. The molecular formula is C13H17N5O2. The third-order valence-corrected chi connectivity index (χ3v) is 3.16. The van der Waals surface area contributed by atoms with Gasteiger partial charge in [-0.1, -0.05) is 11.2 Å². The average Bonchev–Trinajstić information content (AvgIpc) is 2.79. The Hall–Kier alpha value is -2.27. The van der Waals surface area contributed by atoms with Gasteiger partial charge in [-0.05, 0) is 23.9 Å². The van der Waals surface area contributed by atoms with Crippen molar-refractivity contribution in [3.8, 4) is 5.88 Å². The fraction of sp³-hybridized carbons (Fsp3) is 0.538. The van der Waals surface area contributed by atoms with Crippen LogP contribution < -0.4 is 4.74 Å². The van der Waals surface area contributed by atoms with E-state index in [0.717, 1.165) is 5.56 Å². The molecule has 7 nitrogen and oxygen atoms in total. The van der Waals surface area contributed by atoms with Crippen LogP contribution in [0.25, 0.3) is 10.4 Å². The summed E-state index contributed by atoms with van der Waals surface area (Å²) in [5, 5.41) is 3.53. The molecule has 1 aromatic heterocycles. The molecule has 0 spiro atoms. The Balaban J connectivity index is 1.92. The van der Waals surface area contributed by atoms with Crippen molar-refractivity contribution in [3.63, 3.8) is 0 Å². The summed E-state index contributed by atoms with van der Waals surface area (Å²) < 4.78 is 5.28. The zero-order chi connectivity index (χ0) is 14.4. The van der Waals surface area contributed by atoms with Crippen LogP contribution >= 0.6 is 0 Å². The molecular weight excluding hydrogens is 258 g/mol. The van der Waals surface area contributed by atoms with E-state index in [4.69, 9.17) is 10.3 Å². The first-order valence-electron chi connectivity index (χ1n) is 6.59. The van der Waals surface area contributed by atoms with Crippen molar-refractivity contribution < 1.29 is 9.53 Å². The highest BCUT2D eigenvalue weighted by Crippen LogP contribution is 2.20. The monoisotopic (exact) mass is 275 g/mol. The lowest BCUT2D eigenvalue weighted by Gasteiger charge is -2.16. The van der Waals surface area contributed by atoms with Crippen molar-refractivity contribution in [3.05, 3.63) is 34.3 Å². The minimum atomic E-state index is 0.0945. The van der Waals surface area contributed by atoms with Crippen LogP contribution in [0.1, 0.15) is 18.9 Å². The number of hydrogen-bond donors (Lipinski definition) is 0. The lowest BCUT2D eigenvalue weighted by atomic mass is 10.1. The van der Waals surface area contributed by atoms with Crippen LogP contribution in [0.3, 0.4) is 0 Å². The van der Waals surface area contributed by atoms with Gasteiger partial charge in [0.15, 0.2) is 0 Å². The van der Waals surface area contributed by atoms with Crippen molar-refractivity contribution in [2.24, 2.45) is 11.0 Å². The number of carbonyl (C=O) groups excluding carboxylic acids is 1. The molecule has 1 aliphatic rings. The Morgan fingerprint density at radius 2 is 2.45 bits per heavy atom. The number of carbonyl (C=O) groups is 1. The first-order chi connectivity index (χ1) is 9.72. The van der Waals surface area contributed by atoms with Gasteiger partial charge in [-0.2, -0.15) is 0 Å². The molecule has 0 aromatic carbocycles. The van der Waals surface area contributed by atoms with Crippen LogP contribution in [-0.4, -0.2) is 35.5 Å². The number of aromatic nitrogens is 1. The van der Waals surface area contributed by atoms with Gasteiger partial charge < -0.3 is 9.64 Å². The fourth-order valence-electron chi connectivity index (χ4n) is 2.24. The molecule has 0 N–H and O–H groups in total. The number of ether oxygens (including phenoxy) is 1. The number of rotatable bonds is 6. The molecule has 1 fully saturated rings. The number of azide groups is 1. The first kappa shape index (κ1) is 14.1. The highest BCUT2D eigenvalue weighted by molar-refractivity contribution is 5.78. The summed E-state index contributed by atoms with van der Waals surface area (Å²) in [6.45, 7) is 4.02. The number of likely N-dealkylation sites (tertiary alicyclic amines) is 1. The van der Waals surface area contributed by atoms with Crippen LogP contribution in [0, 0.1) is 5.92 Å². The quantitative estimate of drug-likeness (QED) is 0.452. The molecule has 2 rings (SSSR count). The maximum absolute atomic E-state index is 11.9. The van der Waals surface area contributed by atoms with E-state index in [1.54, 1.807) is 17.2 Å². The number of pyridine rings is 1. The molecule has 1 atom stereocenters. The highest BCUT2D eigenvalue weighted by Gasteiger charge is 2.28. The molecule has 0 saturated carbocycles. The Bertz CT molecular complexity index is 510. The summed E-state index contributed by atoms with van der Waals surface area (Å²) in [6, 6.07) is 3.71. The summed E-state index contributed by atoms with van der Waals surface area (Å²) in [6.07, 6.45) is 2.17. The number of hydrogen-bond acceptors (Lipinski definition) is 4.